The molecule has 0 saturated carbocycles. The average Bonchev–Trinajstić information content (AvgIpc) is 2.72. The second-order valence-electron chi connectivity index (χ2n) is 3.86. The van der Waals surface area contributed by atoms with Gasteiger partial charge in [-0.05, 0) is 37.6 Å². The SMILES string of the molecule is Cc1noc(COc2cc(F)cc(CCN)c2)n1. The first-order valence-electron chi connectivity index (χ1n) is 5.59. The highest BCUT2D eigenvalue weighted by Gasteiger charge is 2.06. The highest BCUT2D eigenvalue weighted by atomic mass is 19.1. The third-order valence-corrected chi connectivity index (χ3v) is 2.30. The molecule has 0 aliphatic heterocycles. The van der Waals surface area contributed by atoms with Crippen molar-refractivity contribution in [2.24, 2.45) is 5.73 Å². The molecule has 2 aromatic rings. The molecular formula is C12H14FN3O2. The summed E-state index contributed by atoms with van der Waals surface area (Å²) in [4.78, 5) is 3.99. The zero-order valence-corrected chi connectivity index (χ0v) is 10.0. The van der Waals surface area contributed by atoms with Crippen molar-refractivity contribution in [1.82, 2.24) is 10.1 Å². The Morgan fingerprint density at radius 2 is 2.22 bits per heavy atom. The number of benzene rings is 1. The Kier molecular flexibility index (Phi) is 3.88. The molecule has 2 rings (SSSR count). The summed E-state index contributed by atoms with van der Waals surface area (Å²) in [5, 5.41) is 3.64. The Morgan fingerprint density at radius 1 is 1.39 bits per heavy atom. The maximum atomic E-state index is 13.3. The highest BCUT2D eigenvalue weighted by Crippen LogP contribution is 2.17. The molecule has 0 amide bonds. The number of halogens is 1. The Balaban J connectivity index is 2.04. The maximum Gasteiger partial charge on any atom is 0.264 e. The van der Waals surface area contributed by atoms with E-state index in [-0.39, 0.29) is 12.4 Å². The number of ether oxygens (including phenoxy) is 1. The molecule has 6 heteroatoms. The van der Waals surface area contributed by atoms with E-state index >= 15 is 0 Å². The van der Waals surface area contributed by atoms with Crippen LogP contribution in [0.3, 0.4) is 0 Å². The van der Waals surface area contributed by atoms with Gasteiger partial charge >= 0.3 is 0 Å². The van der Waals surface area contributed by atoms with Gasteiger partial charge in [-0.3, -0.25) is 0 Å². The minimum absolute atomic E-state index is 0.117. The lowest BCUT2D eigenvalue weighted by atomic mass is 10.1. The quantitative estimate of drug-likeness (QED) is 0.873. The normalized spacial score (nSPS) is 10.6. The van der Waals surface area contributed by atoms with Crippen LogP contribution in [0, 0.1) is 12.7 Å². The fourth-order valence-electron chi connectivity index (χ4n) is 1.56. The maximum absolute atomic E-state index is 13.3. The Morgan fingerprint density at radius 3 is 2.89 bits per heavy atom. The topological polar surface area (TPSA) is 74.2 Å². The number of hydrogen-bond acceptors (Lipinski definition) is 5. The lowest BCUT2D eigenvalue weighted by Crippen LogP contribution is -2.04. The molecule has 1 aromatic heterocycles. The molecule has 18 heavy (non-hydrogen) atoms. The predicted octanol–water partition coefficient (Wildman–Crippen LogP) is 1.60. The average molecular weight is 251 g/mol. The van der Waals surface area contributed by atoms with Gasteiger partial charge in [0.05, 0.1) is 0 Å². The fourth-order valence-corrected chi connectivity index (χ4v) is 1.56. The summed E-state index contributed by atoms with van der Waals surface area (Å²) >= 11 is 0. The first kappa shape index (κ1) is 12.5. The van der Waals surface area contributed by atoms with Crippen molar-refractivity contribution in [2.75, 3.05) is 6.54 Å². The van der Waals surface area contributed by atoms with Gasteiger partial charge in [0, 0.05) is 6.07 Å². The second kappa shape index (κ2) is 5.59. The monoisotopic (exact) mass is 251 g/mol. The summed E-state index contributed by atoms with van der Waals surface area (Å²) in [7, 11) is 0. The fraction of sp³-hybridized carbons (Fsp3) is 0.333. The molecule has 2 N–H and O–H groups in total. The molecule has 0 unspecified atom stereocenters. The summed E-state index contributed by atoms with van der Waals surface area (Å²) < 4.78 is 23.6. The number of aromatic nitrogens is 2. The predicted molar refractivity (Wildman–Crippen MR) is 62.5 cm³/mol. The number of hydrogen-bond donors (Lipinski definition) is 1. The molecule has 96 valence electrons. The first-order valence-corrected chi connectivity index (χ1v) is 5.59. The summed E-state index contributed by atoms with van der Waals surface area (Å²) in [6.45, 7) is 2.30. The largest absolute Gasteiger partial charge is 0.484 e. The molecule has 1 aromatic carbocycles. The molecule has 0 saturated heterocycles. The molecule has 0 radical (unpaired) electrons. The van der Waals surface area contributed by atoms with Gasteiger partial charge in [-0.2, -0.15) is 4.98 Å². The van der Waals surface area contributed by atoms with Gasteiger partial charge in [-0.15, -0.1) is 0 Å². The van der Waals surface area contributed by atoms with Crippen LogP contribution in [0.25, 0.3) is 0 Å². The van der Waals surface area contributed by atoms with Gasteiger partial charge in [0.1, 0.15) is 11.6 Å². The van der Waals surface area contributed by atoms with Crippen LogP contribution in [0.5, 0.6) is 5.75 Å². The lowest BCUT2D eigenvalue weighted by Gasteiger charge is -2.06. The summed E-state index contributed by atoms with van der Waals surface area (Å²) in [5.74, 6) is 0.973. The summed E-state index contributed by atoms with van der Waals surface area (Å²) in [5.41, 5.74) is 6.23. The zero-order chi connectivity index (χ0) is 13.0. The molecule has 0 bridgehead atoms. The number of rotatable bonds is 5. The van der Waals surface area contributed by atoms with Crippen molar-refractivity contribution in [3.63, 3.8) is 0 Å². The van der Waals surface area contributed by atoms with E-state index in [1.807, 2.05) is 0 Å². The van der Waals surface area contributed by atoms with Crippen LogP contribution in [-0.4, -0.2) is 16.7 Å². The van der Waals surface area contributed by atoms with Gasteiger partial charge in [0.15, 0.2) is 12.4 Å². The van der Waals surface area contributed by atoms with E-state index in [9.17, 15) is 4.39 Å². The zero-order valence-electron chi connectivity index (χ0n) is 10.0. The molecule has 1 heterocycles. The van der Waals surface area contributed by atoms with Gasteiger partial charge in [-0.1, -0.05) is 5.16 Å². The molecule has 5 nitrogen and oxygen atoms in total. The summed E-state index contributed by atoms with van der Waals surface area (Å²) in [6, 6.07) is 4.50. The first-order chi connectivity index (χ1) is 8.67. The van der Waals surface area contributed by atoms with Crippen molar-refractivity contribution >= 4 is 0 Å². The van der Waals surface area contributed by atoms with Crippen molar-refractivity contribution in [3.05, 3.63) is 41.3 Å². The number of nitrogens with zero attached hydrogens (tertiary/aromatic N) is 2. The van der Waals surface area contributed by atoms with Gasteiger partial charge in [0.2, 0.25) is 0 Å². The summed E-state index contributed by atoms with van der Waals surface area (Å²) in [6.07, 6.45) is 0.605. The molecule has 0 atom stereocenters. The lowest BCUT2D eigenvalue weighted by molar-refractivity contribution is 0.241. The van der Waals surface area contributed by atoms with Gasteiger partial charge < -0.3 is 15.0 Å². The van der Waals surface area contributed by atoms with E-state index < -0.39 is 0 Å². The highest BCUT2D eigenvalue weighted by molar-refractivity contribution is 5.29. The van der Waals surface area contributed by atoms with Crippen LogP contribution in [0.1, 0.15) is 17.3 Å². The standard InChI is InChI=1S/C12H14FN3O2/c1-8-15-12(18-16-8)7-17-11-5-9(2-3-14)4-10(13)6-11/h4-6H,2-3,7,14H2,1H3. The van der Waals surface area contributed by atoms with Crippen LogP contribution in [0.4, 0.5) is 4.39 Å². The minimum Gasteiger partial charge on any atom is -0.484 e. The third kappa shape index (κ3) is 3.27. The molecule has 0 aliphatic carbocycles. The molecular weight excluding hydrogens is 237 g/mol. The van der Waals surface area contributed by atoms with Crippen molar-refractivity contribution in [3.8, 4) is 5.75 Å². The van der Waals surface area contributed by atoms with Crippen molar-refractivity contribution < 1.29 is 13.7 Å². The molecule has 0 spiro atoms. The van der Waals surface area contributed by atoms with E-state index in [1.165, 1.54) is 12.1 Å². The van der Waals surface area contributed by atoms with E-state index in [0.29, 0.717) is 30.4 Å². The Labute approximate surface area is 104 Å². The molecule has 0 fully saturated rings. The van der Waals surface area contributed by atoms with Crippen LogP contribution >= 0.6 is 0 Å². The Bertz CT molecular complexity index is 528. The van der Waals surface area contributed by atoms with Crippen molar-refractivity contribution in [1.29, 1.82) is 0 Å². The van der Waals surface area contributed by atoms with Crippen LogP contribution in [0.2, 0.25) is 0 Å². The minimum atomic E-state index is -0.349. The third-order valence-electron chi connectivity index (χ3n) is 2.30. The van der Waals surface area contributed by atoms with Crippen LogP contribution < -0.4 is 10.5 Å². The number of aryl methyl sites for hydroxylation is 1. The van der Waals surface area contributed by atoms with Crippen LogP contribution in [0.15, 0.2) is 22.7 Å². The van der Waals surface area contributed by atoms with Crippen molar-refractivity contribution in [2.45, 2.75) is 20.0 Å². The van der Waals surface area contributed by atoms with E-state index in [1.54, 1.807) is 13.0 Å². The van der Waals surface area contributed by atoms with E-state index in [2.05, 4.69) is 10.1 Å². The van der Waals surface area contributed by atoms with Gasteiger partial charge in [0.25, 0.3) is 5.89 Å². The second-order valence-corrected chi connectivity index (χ2v) is 3.86. The smallest absolute Gasteiger partial charge is 0.264 e. The number of nitrogens with two attached hydrogens (primary N) is 1. The van der Waals surface area contributed by atoms with E-state index in [4.69, 9.17) is 15.0 Å². The van der Waals surface area contributed by atoms with Gasteiger partial charge in [-0.25, -0.2) is 4.39 Å². The Hall–Kier alpha value is -1.95. The molecule has 0 aliphatic rings. The van der Waals surface area contributed by atoms with E-state index in [0.717, 1.165) is 5.56 Å². The van der Waals surface area contributed by atoms with Crippen LogP contribution in [-0.2, 0) is 13.0 Å².